The smallest absolute Gasteiger partial charge is 0.253 e. The van der Waals surface area contributed by atoms with Gasteiger partial charge in [-0.05, 0) is 31.4 Å². The maximum Gasteiger partial charge on any atom is 0.253 e. The molecule has 0 unspecified atom stereocenters. The van der Waals surface area contributed by atoms with Gasteiger partial charge < -0.3 is 10.2 Å². The first-order chi connectivity index (χ1) is 9.04. The molecular weight excluding hydrogens is 240 g/mol. The first-order valence-corrected chi connectivity index (χ1v) is 6.72. The van der Waals surface area contributed by atoms with Crippen LogP contribution < -0.4 is 10.2 Å². The zero-order valence-electron chi connectivity index (χ0n) is 11.7. The molecule has 2 rings (SSSR count). The highest BCUT2D eigenvalue weighted by atomic mass is 16.2. The van der Waals surface area contributed by atoms with E-state index in [0.717, 1.165) is 11.3 Å². The fourth-order valence-electron chi connectivity index (χ4n) is 2.62. The Morgan fingerprint density at radius 2 is 1.84 bits per heavy atom. The number of para-hydroxylation sites is 1. The summed E-state index contributed by atoms with van der Waals surface area (Å²) in [6, 6.07) is 7.67. The van der Waals surface area contributed by atoms with Crippen molar-refractivity contribution in [1.29, 1.82) is 0 Å². The molecule has 0 saturated carbocycles. The van der Waals surface area contributed by atoms with Crippen molar-refractivity contribution in [3.63, 3.8) is 0 Å². The summed E-state index contributed by atoms with van der Waals surface area (Å²) in [5.74, 6) is -0.0991. The average molecular weight is 260 g/mol. The van der Waals surface area contributed by atoms with Crippen LogP contribution >= 0.6 is 0 Å². The molecule has 1 aromatic carbocycles. The normalized spacial score (nSPS) is 18.4. The summed E-state index contributed by atoms with van der Waals surface area (Å²) >= 11 is 0. The molecule has 1 N–H and O–H groups in total. The second kappa shape index (κ2) is 5.03. The monoisotopic (exact) mass is 260 g/mol. The van der Waals surface area contributed by atoms with Gasteiger partial charge in [-0.15, -0.1) is 0 Å². The van der Waals surface area contributed by atoms with Gasteiger partial charge in [-0.2, -0.15) is 0 Å². The molecule has 1 fully saturated rings. The quantitative estimate of drug-likeness (QED) is 0.904. The lowest BCUT2D eigenvalue weighted by Crippen LogP contribution is -2.66. The molecule has 0 spiro atoms. The number of piperazine rings is 1. The van der Waals surface area contributed by atoms with Gasteiger partial charge in [-0.3, -0.25) is 9.59 Å². The van der Waals surface area contributed by atoms with E-state index < -0.39 is 5.54 Å². The Bertz CT molecular complexity index is 507. The van der Waals surface area contributed by atoms with Crippen molar-refractivity contribution in [2.75, 3.05) is 11.4 Å². The summed E-state index contributed by atoms with van der Waals surface area (Å²) in [5, 5.41) is 2.87. The highest BCUT2D eigenvalue weighted by Gasteiger charge is 2.44. The van der Waals surface area contributed by atoms with Crippen molar-refractivity contribution in [3.8, 4) is 0 Å². The maximum absolute atomic E-state index is 12.7. The fourth-order valence-corrected chi connectivity index (χ4v) is 2.62. The number of anilines is 1. The zero-order chi connectivity index (χ0) is 14.0. The van der Waals surface area contributed by atoms with Crippen LogP contribution in [0.1, 0.15) is 32.3 Å². The van der Waals surface area contributed by atoms with Crippen molar-refractivity contribution in [2.24, 2.45) is 0 Å². The Morgan fingerprint density at radius 1 is 1.21 bits per heavy atom. The predicted octanol–water partition coefficient (Wildman–Crippen LogP) is 2.02. The van der Waals surface area contributed by atoms with Crippen LogP contribution in [0.3, 0.4) is 0 Å². The number of hydrogen-bond acceptors (Lipinski definition) is 2. The maximum atomic E-state index is 12.7. The molecule has 1 aliphatic heterocycles. The summed E-state index contributed by atoms with van der Waals surface area (Å²) in [5.41, 5.74) is 1.08. The van der Waals surface area contributed by atoms with E-state index in [0.29, 0.717) is 12.8 Å². The highest BCUT2D eigenvalue weighted by Crippen LogP contribution is 2.28. The second-order valence-corrected chi connectivity index (χ2v) is 5.02. The van der Waals surface area contributed by atoms with Crippen LogP contribution in [-0.4, -0.2) is 23.9 Å². The Kier molecular flexibility index (Phi) is 3.60. The van der Waals surface area contributed by atoms with E-state index in [-0.39, 0.29) is 18.4 Å². The number of rotatable bonds is 3. The van der Waals surface area contributed by atoms with E-state index >= 15 is 0 Å². The number of aryl methyl sites for hydroxylation is 1. The van der Waals surface area contributed by atoms with E-state index in [1.165, 1.54) is 0 Å². The minimum absolute atomic E-state index is 0.00796. The van der Waals surface area contributed by atoms with Gasteiger partial charge in [-0.1, -0.05) is 32.0 Å². The Morgan fingerprint density at radius 3 is 2.42 bits per heavy atom. The Labute approximate surface area is 113 Å². The molecule has 1 aliphatic rings. The van der Waals surface area contributed by atoms with Gasteiger partial charge in [0.15, 0.2) is 0 Å². The molecule has 19 heavy (non-hydrogen) atoms. The molecule has 4 nitrogen and oxygen atoms in total. The standard InChI is InChI=1S/C15H20N2O2/c1-4-15(5-2)14(19)17(10-13(18)16-15)12-9-7-6-8-11(12)3/h6-9H,4-5,10H2,1-3H3,(H,16,18). The Balaban J connectivity index is 2.44. The van der Waals surface area contributed by atoms with Gasteiger partial charge in [0, 0.05) is 5.69 Å². The first kappa shape index (κ1) is 13.6. The van der Waals surface area contributed by atoms with E-state index in [4.69, 9.17) is 0 Å². The van der Waals surface area contributed by atoms with Crippen LogP contribution in [-0.2, 0) is 9.59 Å². The molecule has 1 heterocycles. The van der Waals surface area contributed by atoms with Gasteiger partial charge in [0.25, 0.3) is 5.91 Å². The molecule has 1 aromatic rings. The number of hydrogen-bond donors (Lipinski definition) is 1. The largest absolute Gasteiger partial charge is 0.340 e. The summed E-state index contributed by atoms with van der Waals surface area (Å²) in [7, 11) is 0. The lowest BCUT2D eigenvalue weighted by molar-refractivity contribution is -0.136. The fraction of sp³-hybridized carbons (Fsp3) is 0.467. The van der Waals surface area contributed by atoms with Gasteiger partial charge >= 0.3 is 0 Å². The molecule has 1 saturated heterocycles. The number of amides is 2. The highest BCUT2D eigenvalue weighted by molar-refractivity contribution is 6.09. The molecule has 0 aromatic heterocycles. The third kappa shape index (κ3) is 2.23. The van der Waals surface area contributed by atoms with Gasteiger partial charge in [0.05, 0.1) is 0 Å². The van der Waals surface area contributed by atoms with Crippen molar-refractivity contribution in [2.45, 2.75) is 39.2 Å². The van der Waals surface area contributed by atoms with Crippen molar-refractivity contribution in [1.82, 2.24) is 5.32 Å². The number of carbonyl (C=O) groups excluding carboxylic acids is 2. The Hall–Kier alpha value is -1.84. The van der Waals surface area contributed by atoms with E-state index in [2.05, 4.69) is 5.32 Å². The number of nitrogens with zero attached hydrogens (tertiary/aromatic N) is 1. The summed E-state index contributed by atoms with van der Waals surface area (Å²) < 4.78 is 0. The van der Waals surface area contributed by atoms with Crippen LogP contribution in [0.25, 0.3) is 0 Å². The van der Waals surface area contributed by atoms with Crippen LogP contribution in [0.2, 0.25) is 0 Å². The third-order valence-corrected chi connectivity index (χ3v) is 3.95. The second-order valence-electron chi connectivity index (χ2n) is 5.02. The lowest BCUT2D eigenvalue weighted by atomic mass is 9.88. The SMILES string of the molecule is CCC1(CC)NC(=O)CN(c2ccccc2C)C1=O. The molecular formula is C15H20N2O2. The van der Waals surface area contributed by atoms with Crippen LogP contribution in [0, 0.1) is 6.92 Å². The summed E-state index contributed by atoms with van der Waals surface area (Å²) in [6.07, 6.45) is 1.22. The number of carbonyl (C=O) groups is 2. The van der Waals surface area contributed by atoms with Crippen LogP contribution in [0.15, 0.2) is 24.3 Å². The van der Waals surface area contributed by atoms with Crippen LogP contribution in [0.4, 0.5) is 5.69 Å². The summed E-state index contributed by atoms with van der Waals surface area (Å²) in [4.78, 5) is 26.3. The molecule has 0 atom stereocenters. The van der Waals surface area contributed by atoms with Gasteiger partial charge in [-0.25, -0.2) is 0 Å². The predicted molar refractivity (Wildman–Crippen MR) is 75.0 cm³/mol. The summed E-state index contributed by atoms with van der Waals surface area (Å²) in [6.45, 7) is 5.92. The van der Waals surface area contributed by atoms with Crippen LogP contribution in [0.5, 0.6) is 0 Å². The average Bonchev–Trinajstić information content (AvgIpc) is 2.42. The first-order valence-electron chi connectivity index (χ1n) is 6.72. The lowest BCUT2D eigenvalue weighted by Gasteiger charge is -2.41. The molecule has 4 heteroatoms. The molecule has 2 amide bonds. The number of nitrogens with one attached hydrogen (secondary N) is 1. The van der Waals surface area contributed by atoms with Gasteiger partial charge in [0.2, 0.25) is 5.91 Å². The molecule has 0 radical (unpaired) electrons. The molecule has 102 valence electrons. The zero-order valence-corrected chi connectivity index (χ0v) is 11.7. The molecule has 0 bridgehead atoms. The van der Waals surface area contributed by atoms with Gasteiger partial charge in [0.1, 0.15) is 12.1 Å². The minimum atomic E-state index is -0.752. The topological polar surface area (TPSA) is 49.4 Å². The molecule has 0 aliphatic carbocycles. The number of benzene rings is 1. The third-order valence-electron chi connectivity index (χ3n) is 3.95. The van der Waals surface area contributed by atoms with Crippen molar-refractivity contribution < 1.29 is 9.59 Å². The van der Waals surface area contributed by atoms with Crippen molar-refractivity contribution in [3.05, 3.63) is 29.8 Å². The minimum Gasteiger partial charge on any atom is -0.340 e. The van der Waals surface area contributed by atoms with Crippen molar-refractivity contribution >= 4 is 17.5 Å². The van der Waals surface area contributed by atoms with E-state index in [1.54, 1.807) is 4.90 Å². The van der Waals surface area contributed by atoms with E-state index in [1.807, 2.05) is 45.0 Å². The van der Waals surface area contributed by atoms with E-state index in [9.17, 15) is 9.59 Å².